The Morgan fingerprint density at radius 2 is 1.52 bits per heavy atom. The number of rotatable bonds is 7. The van der Waals surface area contributed by atoms with E-state index in [0.717, 1.165) is 35.2 Å². The standard InChI is InChI=1S/C23H22N2/c1-3-17-25(18-4-2)23-12-8-6-10-20(23)14-16-21-15-13-19-9-5-7-11-22(19)24-21/h3-16H,1-2,17-18H2/b16-14+. The first-order valence-corrected chi connectivity index (χ1v) is 8.41. The van der Waals surface area contributed by atoms with E-state index in [2.05, 4.69) is 66.6 Å². The van der Waals surface area contributed by atoms with Crippen LogP contribution in [-0.4, -0.2) is 18.1 Å². The molecule has 0 saturated carbocycles. The maximum Gasteiger partial charge on any atom is 0.0709 e. The quantitative estimate of drug-likeness (QED) is 0.527. The number of anilines is 1. The number of benzene rings is 2. The molecule has 3 aromatic rings. The van der Waals surface area contributed by atoms with Crippen LogP contribution in [0.5, 0.6) is 0 Å². The van der Waals surface area contributed by atoms with Crippen molar-refractivity contribution in [2.24, 2.45) is 0 Å². The summed E-state index contributed by atoms with van der Waals surface area (Å²) < 4.78 is 0. The molecule has 2 nitrogen and oxygen atoms in total. The van der Waals surface area contributed by atoms with Gasteiger partial charge in [0, 0.05) is 24.2 Å². The third kappa shape index (κ3) is 4.04. The fourth-order valence-electron chi connectivity index (χ4n) is 2.85. The fourth-order valence-corrected chi connectivity index (χ4v) is 2.85. The molecule has 0 bridgehead atoms. The molecule has 0 spiro atoms. The van der Waals surface area contributed by atoms with Gasteiger partial charge in [-0.15, -0.1) is 13.2 Å². The van der Waals surface area contributed by atoms with Crippen molar-refractivity contribution in [2.75, 3.05) is 18.0 Å². The average Bonchev–Trinajstić information content (AvgIpc) is 2.66. The molecular formula is C23H22N2. The molecule has 0 aliphatic rings. The minimum atomic E-state index is 0.783. The maximum absolute atomic E-state index is 4.70. The Balaban J connectivity index is 1.92. The van der Waals surface area contributed by atoms with Crippen LogP contribution in [0, 0.1) is 0 Å². The van der Waals surface area contributed by atoms with E-state index < -0.39 is 0 Å². The van der Waals surface area contributed by atoms with Crippen molar-refractivity contribution in [2.45, 2.75) is 0 Å². The third-order valence-corrected chi connectivity index (χ3v) is 4.03. The van der Waals surface area contributed by atoms with Gasteiger partial charge in [-0.25, -0.2) is 4.98 Å². The van der Waals surface area contributed by atoms with Crippen molar-refractivity contribution in [1.82, 2.24) is 4.98 Å². The van der Waals surface area contributed by atoms with E-state index >= 15 is 0 Å². The van der Waals surface area contributed by atoms with Crippen molar-refractivity contribution in [3.8, 4) is 0 Å². The Hall–Kier alpha value is -3.13. The van der Waals surface area contributed by atoms with Crippen molar-refractivity contribution in [1.29, 1.82) is 0 Å². The van der Waals surface area contributed by atoms with Crippen LogP contribution in [0.25, 0.3) is 23.1 Å². The summed E-state index contributed by atoms with van der Waals surface area (Å²) in [4.78, 5) is 6.95. The molecule has 3 rings (SSSR count). The zero-order chi connectivity index (χ0) is 17.5. The number of hydrogen-bond acceptors (Lipinski definition) is 2. The van der Waals surface area contributed by atoms with Gasteiger partial charge < -0.3 is 4.90 Å². The summed E-state index contributed by atoms with van der Waals surface area (Å²) in [6, 6.07) is 20.7. The van der Waals surface area contributed by atoms with Gasteiger partial charge in [-0.2, -0.15) is 0 Å². The van der Waals surface area contributed by atoms with Gasteiger partial charge in [0.15, 0.2) is 0 Å². The molecule has 124 valence electrons. The van der Waals surface area contributed by atoms with E-state index in [4.69, 9.17) is 4.98 Å². The Labute approximate surface area is 149 Å². The highest BCUT2D eigenvalue weighted by atomic mass is 15.1. The lowest BCUT2D eigenvalue weighted by Crippen LogP contribution is -2.23. The molecule has 0 radical (unpaired) electrons. The molecule has 2 heteroatoms. The van der Waals surface area contributed by atoms with E-state index in [1.165, 1.54) is 5.69 Å². The molecule has 0 aliphatic heterocycles. The summed E-state index contributed by atoms with van der Waals surface area (Å²) in [5, 5.41) is 1.16. The first-order chi connectivity index (χ1) is 12.3. The Bertz CT molecular complexity index is 899. The molecule has 2 aromatic carbocycles. The van der Waals surface area contributed by atoms with Crippen LogP contribution in [-0.2, 0) is 0 Å². The second-order valence-corrected chi connectivity index (χ2v) is 5.80. The van der Waals surface area contributed by atoms with Crippen LogP contribution >= 0.6 is 0 Å². The topological polar surface area (TPSA) is 16.1 Å². The number of fused-ring (bicyclic) bond motifs is 1. The lowest BCUT2D eigenvalue weighted by atomic mass is 10.1. The number of para-hydroxylation sites is 2. The third-order valence-electron chi connectivity index (χ3n) is 4.03. The largest absolute Gasteiger partial charge is 0.364 e. The number of hydrogen-bond donors (Lipinski definition) is 0. The Kier molecular flexibility index (Phi) is 5.43. The monoisotopic (exact) mass is 326 g/mol. The van der Waals surface area contributed by atoms with Crippen molar-refractivity contribution in [3.63, 3.8) is 0 Å². The number of pyridine rings is 1. The molecule has 0 N–H and O–H groups in total. The van der Waals surface area contributed by atoms with Crippen LogP contribution in [0.15, 0.2) is 86.0 Å². The first kappa shape index (κ1) is 16.7. The van der Waals surface area contributed by atoms with E-state index in [1.807, 2.05) is 36.4 Å². The van der Waals surface area contributed by atoms with Crippen LogP contribution in [0.2, 0.25) is 0 Å². The van der Waals surface area contributed by atoms with E-state index in [0.29, 0.717) is 0 Å². The normalized spacial score (nSPS) is 10.9. The second-order valence-electron chi connectivity index (χ2n) is 5.80. The number of aromatic nitrogens is 1. The minimum absolute atomic E-state index is 0.783. The maximum atomic E-state index is 4.70. The lowest BCUT2D eigenvalue weighted by Gasteiger charge is -2.23. The van der Waals surface area contributed by atoms with Crippen LogP contribution in [0.3, 0.4) is 0 Å². The molecule has 1 heterocycles. The first-order valence-electron chi connectivity index (χ1n) is 8.41. The zero-order valence-corrected chi connectivity index (χ0v) is 14.3. The lowest BCUT2D eigenvalue weighted by molar-refractivity contribution is 0.955. The molecule has 0 saturated heterocycles. The predicted octanol–water partition coefficient (Wildman–Crippen LogP) is 5.58. The van der Waals surface area contributed by atoms with Gasteiger partial charge in [0.1, 0.15) is 0 Å². The fraction of sp³-hybridized carbons (Fsp3) is 0.0870. The predicted molar refractivity (Wildman–Crippen MR) is 110 cm³/mol. The average molecular weight is 326 g/mol. The summed E-state index contributed by atoms with van der Waals surface area (Å²) >= 11 is 0. The van der Waals surface area contributed by atoms with Gasteiger partial charge in [-0.1, -0.05) is 60.7 Å². The molecule has 0 fully saturated rings. The van der Waals surface area contributed by atoms with Gasteiger partial charge in [-0.3, -0.25) is 0 Å². The van der Waals surface area contributed by atoms with Gasteiger partial charge >= 0.3 is 0 Å². The molecule has 0 amide bonds. The second kappa shape index (κ2) is 8.11. The van der Waals surface area contributed by atoms with E-state index in [9.17, 15) is 0 Å². The van der Waals surface area contributed by atoms with E-state index in [1.54, 1.807) is 0 Å². The molecule has 0 aliphatic carbocycles. The Morgan fingerprint density at radius 1 is 0.800 bits per heavy atom. The smallest absolute Gasteiger partial charge is 0.0709 e. The van der Waals surface area contributed by atoms with Gasteiger partial charge in [0.25, 0.3) is 0 Å². The summed E-state index contributed by atoms with van der Waals surface area (Å²) in [6.07, 6.45) is 8.00. The highest BCUT2D eigenvalue weighted by molar-refractivity contribution is 5.82. The van der Waals surface area contributed by atoms with Crippen molar-refractivity contribution in [3.05, 3.63) is 97.2 Å². The SMILES string of the molecule is C=CCN(CC=C)c1ccccc1/C=C/c1ccc2ccccc2n1. The van der Waals surface area contributed by atoms with Gasteiger partial charge in [0.2, 0.25) is 0 Å². The summed E-state index contributed by atoms with van der Waals surface area (Å²) in [6.45, 7) is 9.28. The highest BCUT2D eigenvalue weighted by Gasteiger charge is 2.06. The van der Waals surface area contributed by atoms with E-state index in [-0.39, 0.29) is 0 Å². The molecule has 1 aromatic heterocycles. The van der Waals surface area contributed by atoms with Crippen LogP contribution < -0.4 is 4.90 Å². The highest BCUT2D eigenvalue weighted by Crippen LogP contribution is 2.23. The summed E-state index contributed by atoms with van der Waals surface area (Å²) in [7, 11) is 0. The minimum Gasteiger partial charge on any atom is -0.364 e. The van der Waals surface area contributed by atoms with Crippen LogP contribution in [0.4, 0.5) is 5.69 Å². The van der Waals surface area contributed by atoms with Gasteiger partial charge in [-0.05, 0) is 29.8 Å². The summed E-state index contributed by atoms with van der Waals surface area (Å²) in [5.41, 5.74) is 4.28. The molecular weight excluding hydrogens is 304 g/mol. The van der Waals surface area contributed by atoms with Gasteiger partial charge in [0.05, 0.1) is 11.2 Å². The molecule has 25 heavy (non-hydrogen) atoms. The summed E-state index contributed by atoms with van der Waals surface area (Å²) in [5.74, 6) is 0. The van der Waals surface area contributed by atoms with Crippen LogP contribution in [0.1, 0.15) is 11.3 Å². The number of nitrogens with zero attached hydrogens (tertiary/aromatic N) is 2. The molecule has 0 atom stereocenters. The van der Waals surface area contributed by atoms with Crippen molar-refractivity contribution < 1.29 is 0 Å². The Morgan fingerprint density at radius 3 is 2.32 bits per heavy atom. The molecule has 0 unspecified atom stereocenters. The van der Waals surface area contributed by atoms with Crippen molar-refractivity contribution >= 4 is 28.7 Å². The zero-order valence-electron chi connectivity index (χ0n) is 14.3.